The first kappa shape index (κ1) is 24.0. The van der Waals surface area contributed by atoms with Crippen LogP contribution in [0.2, 0.25) is 10.0 Å². The van der Waals surface area contributed by atoms with Gasteiger partial charge in [-0.1, -0.05) is 72.6 Å². The Balaban J connectivity index is 1.67. The van der Waals surface area contributed by atoms with Gasteiger partial charge in [0.2, 0.25) is 0 Å². The topological polar surface area (TPSA) is 25.4 Å². The molecule has 172 valence electrons. The van der Waals surface area contributed by atoms with Gasteiger partial charge >= 0.3 is 0 Å². The van der Waals surface area contributed by atoms with Crippen LogP contribution in [0.5, 0.6) is 0 Å². The fourth-order valence-corrected chi connectivity index (χ4v) is 5.72. The number of rotatable bonds is 9. The molecule has 1 unspecified atom stereocenters. The molecule has 0 amide bonds. The van der Waals surface area contributed by atoms with Gasteiger partial charge in [0, 0.05) is 29.1 Å². The second kappa shape index (κ2) is 10.9. The normalized spacial score (nSPS) is 12.3. The molecular formula is C27H28Cl2N2OS. The molecule has 0 saturated carbocycles. The highest BCUT2D eigenvalue weighted by atomic mass is 35.5. The molecule has 0 bridgehead atoms. The van der Waals surface area contributed by atoms with Crippen molar-refractivity contribution >= 4 is 50.4 Å². The van der Waals surface area contributed by atoms with E-state index in [9.17, 15) is 0 Å². The number of nitrogens with zero attached hydrogens (tertiary/aromatic N) is 2. The van der Waals surface area contributed by atoms with Crippen molar-refractivity contribution in [2.24, 2.45) is 0 Å². The lowest BCUT2D eigenvalue weighted by Crippen LogP contribution is -2.40. The highest BCUT2D eigenvalue weighted by molar-refractivity contribution is 7.16. The number of hydrogen-bond acceptors (Lipinski definition) is 4. The fourth-order valence-electron chi connectivity index (χ4n) is 4.20. The zero-order valence-corrected chi connectivity index (χ0v) is 21.5. The second-order valence-electron chi connectivity index (χ2n) is 8.21. The molecule has 0 saturated heterocycles. The minimum absolute atomic E-state index is 0.176. The largest absolute Gasteiger partial charge is 0.383 e. The van der Waals surface area contributed by atoms with E-state index in [1.807, 2.05) is 12.1 Å². The molecule has 0 radical (unpaired) electrons. The van der Waals surface area contributed by atoms with Crippen molar-refractivity contribution in [3.63, 3.8) is 0 Å². The number of ether oxygens (including phenoxy) is 1. The molecule has 0 aliphatic heterocycles. The second-order valence-corrected chi connectivity index (χ2v) is 10.2. The summed E-state index contributed by atoms with van der Waals surface area (Å²) in [6.45, 7) is 5.83. The highest BCUT2D eigenvalue weighted by Gasteiger charge is 2.24. The van der Waals surface area contributed by atoms with Crippen molar-refractivity contribution in [3.05, 3.63) is 81.1 Å². The fraction of sp³-hybridized carbons (Fsp3) is 0.296. The Labute approximate surface area is 209 Å². The first-order valence-electron chi connectivity index (χ1n) is 11.2. The van der Waals surface area contributed by atoms with E-state index in [0.29, 0.717) is 16.7 Å². The molecule has 0 fully saturated rings. The highest BCUT2D eigenvalue weighted by Crippen LogP contribution is 2.38. The maximum Gasteiger partial charge on any atom is 0.186 e. The number of aromatic nitrogens is 1. The third-order valence-electron chi connectivity index (χ3n) is 5.77. The molecule has 1 aromatic heterocycles. The van der Waals surface area contributed by atoms with E-state index in [1.165, 1.54) is 16.3 Å². The van der Waals surface area contributed by atoms with Crippen LogP contribution in [0.25, 0.3) is 22.0 Å². The Bertz CT molecular complexity index is 1240. The standard InChI is InChI=1S/C27H28Cl2N2OS/c1-4-13-31(27-30-26(18(2)33-27)24-12-11-22(28)16-25(24)29)23(17-32-3)15-19-9-10-20-7-5-6-8-21(20)14-19/h5-12,14,16,23H,4,13,15,17H2,1-3H3. The van der Waals surface area contributed by atoms with Crippen molar-refractivity contribution in [2.45, 2.75) is 32.7 Å². The Hall–Kier alpha value is -2.11. The van der Waals surface area contributed by atoms with E-state index in [-0.39, 0.29) is 6.04 Å². The Morgan fingerprint density at radius 2 is 1.82 bits per heavy atom. The minimum Gasteiger partial charge on any atom is -0.383 e. The van der Waals surface area contributed by atoms with Crippen LogP contribution >= 0.6 is 34.5 Å². The van der Waals surface area contributed by atoms with Gasteiger partial charge in [0.25, 0.3) is 0 Å². The zero-order valence-electron chi connectivity index (χ0n) is 19.1. The van der Waals surface area contributed by atoms with Crippen molar-refractivity contribution in [1.29, 1.82) is 0 Å². The molecule has 0 aliphatic carbocycles. The molecule has 0 aliphatic rings. The zero-order chi connectivity index (χ0) is 23.4. The summed E-state index contributed by atoms with van der Waals surface area (Å²) < 4.78 is 5.67. The number of hydrogen-bond donors (Lipinski definition) is 0. The molecule has 1 heterocycles. The number of thiazole rings is 1. The van der Waals surface area contributed by atoms with Crippen LogP contribution in [0, 0.1) is 6.92 Å². The molecule has 3 aromatic carbocycles. The van der Waals surface area contributed by atoms with Gasteiger partial charge < -0.3 is 9.64 Å². The molecule has 0 N–H and O–H groups in total. The predicted octanol–water partition coefficient (Wildman–Crippen LogP) is 8.05. The average molecular weight is 500 g/mol. The summed E-state index contributed by atoms with van der Waals surface area (Å²) in [5.74, 6) is 0. The monoisotopic (exact) mass is 498 g/mol. The summed E-state index contributed by atoms with van der Waals surface area (Å²) >= 11 is 14.3. The van der Waals surface area contributed by atoms with Crippen molar-refractivity contribution in [3.8, 4) is 11.3 Å². The SMILES string of the molecule is CCCN(c1nc(-c2ccc(Cl)cc2Cl)c(C)s1)C(COC)Cc1ccc2ccccc2c1. The first-order valence-corrected chi connectivity index (χ1v) is 12.7. The Morgan fingerprint density at radius 3 is 2.55 bits per heavy atom. The van der Waals surface area contributed by atoms with E-state index in [2.05, 4.69) is 61.2 Å². The van der Waals surface area contributed by atoms with Crippen LogP contribution in [0.15, 0.2) is 60.7 Å². The predicted molar refractivity (Wildman–Crippen MR) is 143 cm³/mol. The van der Waals surface area contributed by atoms with E-state index in [0.717, 1.165) is 40.7 Å². The van der Waals surface area contributed by atoms with Crippen LogP contribution in [0.3, 0.4) is 0 Å². The van der Waals surface area contributed by atoms with Crippen molar-refractivity contribution < 1.29 is 4.74 Å². The van der Waals surface area contributed by atoms with E-state index >= 15 is 0 Å². The molecule has 1 atom stereocenters. The lowest BCUT2D eigenvalue weighted by atomic mass is 10.0. The first-order chi connectivity index (χ1) is 16.0. The summed E-state index contributed by atoms with van der Waals surface area (Å²) in [6, 6.07) is 20.9. The van der Waals surface area contributed by atoms with Crippen LogP contribution in [-0.4, -0.2) is 31.3 Å². The van der Waals surface area contributed by atoms with Gasteiger partial charge in [0.05, 0.1) is 23.4 Å². The molecule has 0 spiro atoms. The van der Waals surface area contributed by atoms with Crippen LogP contribution in [0.4, 0.5) is 5.13 Å². The summed E-state index contributed by atoms with van der Waals surface area (Å²) in [5, 5.41) is 4.76. The lowest BCUT2D eigenvalue weighted by Gasteiger charge is -2.31. The number of anilines is 1. The molecule has 6 heteroatoms. The average Bonchev–Trinajstić information content (AvgIpc) is 3.18. The smallest absolute Gasteiger partial charge is 0.186 e. The Morgan fingerprint density at radius 1 is 1.03 bits per heavy atom. The van der Waals surface area contributed by atoms with Crippen LogP contribution in [0.1, 0.15) is 23.8 Å². The number of aryl methyl sites for hydroxylation is 1. The minimum atomic E-state index is 0.176. The van der Waals surface area contributed by atoms with E-state index in [4.69, 9.17) is 32.9 Å². The number of fused-ring (bicyclic) bond motifs is 1. The molecule has 3 nitrogen and oxygen atoms in total. The molecule has 4 aromatic rings. The molecular weight excluding hydrogens is 471 g/mol. The molecule has 4 rings (SSSR count). The number of halogens is 2. The van der Waals surface area contributed by atoms with Gasteiger partial charge in [-0.3, -0.25) is 0 Å². The van der Waals surface area contributed by atoms with E-state index < -0.39 is 0 Å². The maximum absolute atomic E-state index is 6.50. The van der Waals surface area contributed by atoms with Crippen molar-refractivity contribution in [2.75, 3.05) is 25.2 Å². The number of benzene rings is 3. The molecule has 33 heavy (non-hydrogen) atoms. The number of methoxy groups -OCH3 is 1. The van der Waals surface area contributed by atoms with Gasteiger partial charge in [-0.25, -0.2) is 4.98 Å². The van der Waals surface area contributed by atoms with Gasteiger partial charge in [-0.05, 0) is 54.3 Å². The van der Waals surface area contributed by atoms with Crippen LogP contribution < -0.4 is 4.90 Å². The lowest BCUT2D eigenvalue weighted by molar-refractivity contribution is 0.176. The quantitative estimate of drug-likeness (QED) is 0.233. The third-order valence-corrected chi connectivity index (χ3v) is 7.32. The van der Waals surface area contributed by atoms with Crippen LogP contribution in [-0.2, 0) is 11.2 Å². The van der Waals surface area contributed by atoms with Gasteiger partial charge in [0.15, 0.2) is 5.13 Å². The van der Waals surface area contributed by atoms with Gasteiger partial charge in [-0.2, -0.15) is 0 Å². The Kier molecular flexibility index (Phi) is 7.92. The van der Waals surface area contributed by atoms with Crippen molar-refractivity contribution in [1.82, 2.24) is 4.98 Å². The van der Waals surface area contributed by atoms with Gasteiger partial charge in [-0.15, -0.1) is 11.3 Å². The summed E-state index contributed by atoms with van der Waals surface area (Å²) in [4.78, 5) is 8.57. The summed E-state index contributed by atoms with van der Waals surface area (Å²) in [5.41, 5.74) is 3.13. The summed E-state index contributed by atoms with van der Waals surface area (Å²) in [7, 11) is 1.77. The third kappa shape index (κ3) is 5.52. The maximum atomic E-state index is 6.50. The van der Waals surface area contributed by atoms with E-state index in [1.54, 1.807) is 24.5 Å². The summed E-state index contributed by atoms with van der Waals surface area (Å²) in [6.07, 6.45) is 1.90. The van der Waals surface area contributed by atoms with Gasteiger partial charge in [0.1, 0.15) is 0 Å².